The van der Waals surface area contributed by atoms with Gasteiger partial charge in [0.05, 0.1) is 0 Å². The predicted octanol–water partition coefficient (Wildman–Crippen LogP) is 2.26. The molecule has 0 saturated carbocycles. The molecule has 21 heavy (non-hydrogen) atoms. The summed E-state index contributed by atoms with van der Waals surface area (Å²) in [5, 5.41) is 0. The van der Waals surface area contributed by atoms with Gasteiger partial charge in [-0.25, -0.2) is 10.9 Å². The number of amides is 1. The number of likely N-dealkylation sites (N-methyl/N-ethyl adjacent to an activating group) is 1. The van der Waals surface area contributed by atoms with E-state index < -0.39 is 0 Å². The maximum absolute atomic E-state index is 12.5. The minimum absolute atomic E-state index is 0.0760. The molecule has 2 aromatic carbocycles. The van der Waals surface area contributed by atoms with Crippen LogP contribution < -0.4 is 15.8 Å². The first kappa shape index (κ1) is 13.8. The summed E-state index contributed by atoms with van der Waals surface area (Å²) in [6.45, 7) is 0. The number of nitrogens with one attached hydrogen (secondary N) is 2. The van der Waals surface area contributed by atoms with Crippen molar-refractivity contribution in [1.29, 1.82) is 0 Å². The van der Waals surface area contributed by atoms with Crippen molar-refractivity contribution in [2.24, 2.45) is 0 Å². The van der Waals surface area contributed by atoms with Gasteiger partial charge in [-0.1, -0.05) is 48.5 Å². The van der Waals surface area contributed by atoms with E-state index in [4.69, 9.17) is 0 Å². The fraction of sp³-hybridized carbons (Fsp3) is 0.235. The van der Waals surface area contributed by atoms with E-state index >= 15 is 0 Å². The van der Waals surface area contributed by atoms with Crippen LogP contribution in [0.15, 0.2) is 60.7 Å². The summed E-state index contributed by atoms with van der Waals surface area (Å²) in [6, 6.07) is 19.8. The lowest BCUT2D eigenvalue weighted by atomic mass is 10.0. The Morgan fingerprint density at radius 1 is 1.00 bits per heavy atom. The summed E-state index contributed by atoms with van der Waals surface area (Å²) < 4.78 is 0. The van der Waals surface area contributed by atoms with E-state index in [0.717, 1.165) is 12.1 Å². The molecule has 0 aromatic heterocycles. The van der Waals surface area contributed by atoms with Crippen LogP contribution in [-0.2, 0) is 4.79 Å². The topological polar surface area (TPSA) is 44.4 Å². The van der Waals surface area contributed by atoms with Gasteiger partial charge < -0.3 is 4.90 Å². The van der Waals surface area contributed by atoms with Crippen LogP contribution in [0, 0.1) is 0 Å². The van der Waals surface area contributed by atoms with Crippen LogP contribution in [0.1, 0.15) is 18.0 Å². The highest BCUT2D eigenvalue weighted by molar-refractivity contribution is 5.96. The first-order valence-corrected chi connectivity index (χ1v) is 7.14. The number of carbonyl (C=O) groups excluding carboxylic acids is 1. The number of nitrogens with zero attached hydrogens (tertiary/aromatic N) is 1. The second-order valence-corrected chi connectivity index (χ2v) is 5.27. The van der Waals surface area contributed by atoms with Gasteiger partial charge in [0.25, 0.3) is 0 Å². The first-order chi connectivity index (χ1) is 10.3. The zero-order chi connectivity index (χ0) is 14.7. The minimum Gasteiger partial charge on any atom is -0.314 e. The first-order valence-electron chi connectivity index (χ1n) is 7.14. The van der Waals surface area contributed by atoms with Crippen LogP contribution in [0.2, 0.25) is 0 Å². The highest BCUT2D eigenvalue weighted by Crippen LogP contribution is 2.23. The van der Waals surface area contributed by atoms with Gasteiger partial charge in [0, 0.05) is 18.8 Å². The Balaban J connectivity index is 1.67. The molecule has 0 spiro atoms. The number of benzene rings is 2. The summed E-state index contributed by atoms with van der Waals surface area (Å²) >= 11 is 0. The molecule has 1 saturated heterocycles. The van der Waals surface area contributed by atoms with Gasteiger partial charge in [-0.3, -0.25) is 4.79 Å². The summed E-state index contributed by atoms with van der Waals surface area (Å²) in [7, 11) is 1.81. The van der Waals surface area contributed by atoms with E-state index in [2.05, 4.69) is 23.0 Å². The zero-order valence-electron chi connectivity index (χ0n) is 12.0. The molecular formula is C17H19N3O. The summed E-state index contributed by atoms with van der Waals surface area (Å²) in [5.41, 5.74) is 8.43. The molecule has 1 aliphatic rings. The Labute approximate surface area is 124 Å². The second-order valence-electron chi connectivity index (χ2n) is 5.27. The number of carbonyl (C=O) groups is 1. The maximum atomic E-state index is 12.5. The molecule has 1 amide bonds. The maximum Gasteiger partial charge on any atom is 0.245 e. The lowest BCUT2D eigenvalue weighted by molar-refractivity contribution is -0.120. The number of rotatable bonds is 3. The quantitative estimate of drug-likeness (QED) is 0.907. The third-order valence-corrected chi connectivity index (χ3v) is 3.88. The molecule has 1 heterocycles. The van der Waals surface area contributed by atoms with Gasteiger partial charge in [0.15, 0.2) is 0 Å². The van der Waals surface area contributed by atoms with E-state index in [1.54, 1.807) is 4.90 Å². The number of para-hydroxylation sites is 1. The summed E-state index contributed by atoms with van der Waals surface area (Å²) in [5.74, 6) is 0.0760. The number of hydrazine groups is 1. The number of hydrogen-bond donors (Lipinski definition) is 2. The molecule has 0 radical (unpaired) electrons. The molecule has 1 aliphatic heterocycles. The Morgan fingerprint density at radius 3 is 2.29 bits per heavy atom. The molecule has 108 valence electrons. The van der Waals surface area contributed by atoms with Gasteiger partial charge >= 0.3 is 0 Å². The van der Waals surface area contributed by atoms with Crippen LogP contribution in [0.3, 0.4) is 0 Å². The fourth-order valence-electron chi connectivity index (χ4n) is 2.63. The third kappa shape index (κ3) is 2.96. The molecule has 2 unspecified atom stereocenters. The van der Waals surface area contributed by atoms with Crippen molar-refractivity contribution < 1.29 is 4.79 Å². The molecule has 0 bridgehead atoms. The van der Waals surface area contributed by atoms with Gasteiger partial charge in [-0.15, -0.1) is 0 Å². The van der Waals surface area contributed by atoms with Gasteiger partial charge in [-0.05, 0) is 24.1 Å². The van der Waals surface area contributed by atoms with Crippen LogP contribution in [0.4, 0.5) is 5.69 Å². The largest absolute Gasteiger partial charge is 0.314 e. The van der Waals surface area contributed by atoms with Crippen molar-refractivity contribution in [3.63, 3.8) is 0 Å². The van der Waals surface area contributed by atoms with E-state index in [0.29, 0.717) is 0 Å². The summed E-state index contributed by atoms with van der Waals surface area (Å²) in [4.78, 5) is 14.2. The van der Waals surface area contributed by atoms with Crippen molar-refractivity contribution in [1.82, 2.24) is 10.9 Å². The predicted molar refractivity (Wildman–Crippen MR) is 83.7 cm³/mol. The van der Waals surface area contributed by atoms with Crippen LogP contribution in [-0.4, -0.2) is 19.0 Å². The minimum atomic E-state index is -0.208. The average molecular weight is 281 g/mol. The second kappa shape index (κ2) is 6.08. The van der Waals surface area contributed by atoms with E-state index in [-0.39, 0.29) is 18.0 Å². The Hall–Kier alpha value is -2.17. The molecule has 2 atom stereocenters. The fourth-order valence-corrected chi connectivity index (χ4v) is 2.63. The van der Waals surface area contributed by atoms with E-state index in [1.807, 2.05) is 55.6 Å². The average Bonchev–Trinajstić information content (AvgIpc) is 3.05. The van der Waals surface area contributed by atoms with Crippen LogP contribution >= 0.6 is 0 Å². The normalized spacial score (nSPS) is 21.2. The lowest BCUT2D eigenvalue weighted by Crippen LogP contribution is -2.44. The van der Waals surface area contributed by atoms with Gasteiger partial charge in [0.1, 0.15) is 6.04 Å². The van der Waals surface area contributed by atoms with Crippen molar-refractivity contribution in [3.05, 3.63) is 66.2 Å². The molecule has 4 nitrogen and oxygen atoms in total. The molecule has 4 heteroatoms. The van der Waals surface area contributed by atoms with Gasteiger partial charge in [0.2, 0.25) is 5.91 Å². The van der Waals surface area contributed by atoms with Crippen molar-refractivity contribution >= 4 is 11.6 Å². The zero-order valence-corrected chi connectivity index (χ0v) is 12.0. The van der Waals surface area contributed by atoms with Crippen molar-refractivity contribution in [2.45, 2.75) is 18.5 Å². The van der Waals surface area contributed by atoms with E-state index in [1.165, 1.54) is 5.56 Å². The molecule has 2 N–H and O–H groups in total. The molecule has 3 rings (SSSR count). The van der Waals surface area contributed by atoms with Crippen LogP contribution in [0.25, 0.3) is 0 Å². The smallest absolute Gasteiger partial charge is 0.245 e. The van der Waals surface area contributed by atoms with Crippen molar-refractivity contribution in [3.8, 4) is 0 Å². The third-order valence-electron chi connectivity index (χ3n) is 3.88. The molecule has 1 fully saturated rings. The molecule has 0 aliphatic carbocycles. The SMILES string of the molecule is CN(C(=O)C1CC(c2ccccc2)NN1)c1ccccc1. The Kier molecular flexibility index (Phi) is 3.99. The highest BCUT2D eigenvalue weighted by atomic mass is 16.2. The highest BCUT2D eigenvalue weighted by Gasteiger charge is 2.32. The van der Waals surface area contributed by atoms with Gasteiger partial charge in [-0.2, -0.15) is 0 Å². The van der Waals surface area contributed by atoms with Crippen LogP contribution in [0.5, 0.6) is 0 Å². The number of anilines is 1. The summed E-state index contributed by atoms with van der Waals surface area (Å²) in [6.07, 6.45) is 0.750. The Bertz CT molecular complexity index is 600. The molecular weight excluding hydrogens is 262 g/mol. The Morgan fingerprint density at radius 2 is 1.62 bits per heavy atom. The lowest BCUT2D eigenvalue weighted by Gasteiger charge is -2.20. The van der Waals surface area contributed by atoms with Crippen molar-refractivity contribution in [2.75, 3.05) is 11.9 Å². The standard InChI is InChI=1S/C17H19N3O/c1-20(14-10-6-3-7-11-14)17(21)16-12-15(18-19-16)13-8-4-2-5-9-13/h2-11,15-16,18-19H,12H2,1H3. The monoisotopic (exact) mass is 281 g/mol. The number of hydrogen-bond acceptors (Lipinski definition) is 3. The molecule has 2 aromatic rings. The van der Waals surface area contributed by atoms with E-state index in [9.17, 15) is 4.79 Å².